The Labute approximate surface area is 182 Å². The number of nitrogens with one attached hydrogen (secondary N) is 1. The number of halogens is 1. The molecule has 1 fully saturated rings. The van der Waals surface area contributed by atoms with E-state index in [9.17, 15) is 10.1 Å². The van der Waals surface area contributed by atoms with Gasteiger partial charge in [-0.1, -0.05) is 0 Å². The van der Waals surface area contributed by atoms with Crippen molar-refractivity contribution in [2.24, 2.45) is 0 Å². The van der Waals surface area contributed by atoms with Crippen LogP contribution in [0.4, 0.5) is 0 Å². The maximum absolute atomic E-state index is 12.4. The summed E-state index contributed by atoms with van der Waals surface area (Å²) < 4.78 is 1.87. The van der Waals surface area contributed by atoms with Crippen molar-refractivity contribution in [2.45, 2.75) is 71.1 Å². The lowest BCUT2D eigenvalue weighted by atomic mass is 9.92. The molecule has 3 heterocycles. The number of rotatable bonds is 4. The van der Waals surface area contributed by atoms with Crippen LogP contribution >= 0.6 is 23.7 Å². The van der Waals surface area contributed by atoms with Gasteiger partial charge in [0.05, 0.1) is 28.3 Å². The van der Waals surface area contributed by atoms with Gasteiger partial charge in [0.15, 0.2) is 0 Å². The smallest absolute Gasteiger partial charge is 0.270 e. The van der Waals surface area contributed by atoms with Crippen LogP contribution in [-0.2, 0) is 5.54 Å². The van der Waals surface area contributed by atoms with E-state index in [1.165, 1.54) is 11.3 Å². The molecule has 2 unspecified atom stereocenters. The van der Waals surface area contributed by atoms with Gasteiger partial charge in [-0.15, -0.1) is 23.7 Å². The number of amides is 1. The van der Waals surface area contributed by atoms with Crippen molar-refractivity contribution in [3.05, 3.63) is 34.0 Å². The van der Waals surface area contributed by atoms with Crippen LogP contribution < -0.4 is 5.32 Å². The summed E-state index contributed by atoms with van der Waals surface area (Å²) in [6, 6.07) is 2.66. The highest BCUT2D eigenvalue weighted by Crippen LogP contribution is 2.34. The van der Waals surface area contributed by atoms with Gasteiger partial charge in [0.2, 0.25) is 0 Å². The maximum Gasteiger partial charge on any atom is 0.270 e. The van der Waals surface area contributed by atoms with E-state index in [0.717, 1.165) is 25.1 Å². The molecule has 0 aromatic carbocycles. The average Bonchev–Trinajstić information content (AvgIpc) is 3.30. The lowest BCUT2D eigenvalue weighted by Crippen LogP contribution is -2.48. The van der Waals surface area contributed by atoms with E-state index >= 15 is 0 Å². The Bertz CT molecular complexity index is 865. The number of piperidine rings is 1. The minimum Gasteiger partial charge on any atom is -0.348 e. The van der Waals surface area contributed by atoms with E-state index in [0.29, 0.717) is 17.3 Å². The molecule has 0 bridgehead atoms. The third-order valence-electron chi connectivity index (χ3n) is 5.17. The van der Waals surface area contributed by atoms with Crippen molar-refractivity contribution in [2.75, 3.05) is 6.54 Å². The first kappa shape index (κ1) is 23.3. The van der Waals surface area contributed by atoms with Crippen LogP contribution in [-0.4, -0.2) is 44.2 Å². The van der Waals surface area contributed by atoms with E-state index in [1.54, 1.807) is 10.9 Å². The van der Waals surface area contributed by atoms with Gasteiger partial charge in [0.1, 0.15) is 11.8 Å². The summed E-state index contributed by atoms with van der Waals surface area (Å²) in [5.41, 5.74) is 3.34. The number of thiazole rings is 1. The number of hydrogen-bond acceptors (Lipinski definition) is 6. The van der Waals surface area contributed by atoms with Crippen molar-refractivity contribution in [3.63, 3.8) is 0 Å². The molecule has 3 rings (SSSR count). The predicted molar refractivity (Wildman–Crippen MR) is 116 cm³/mol. The SMILES string of the molecule is CC(C)N1CCC(NC(=O)c2cscn2)CC1c1nn(C(C)(C)C)cc1C#N.Cl. The van der Waals surface area contributed by atoms with E-state index in [1.807, 2.05) is 10.9 Å². The quantitative estimate of drug-likeness (QED) is 0.788. The Balaban J connectivity index is 0.00000300. The molecule has 2 aromatic heterocycles. The zero-order chi connectivity index (χ0) is 20.5. The number of aromatic nitrogens is 3. The van der Waals surface area contributed by atoms with E-state index in [-0.39, 0.29) is 35.9 Å². The number of likely N-dealkylation sites (tertiary alicyclic amines) is 1. The highest BCUT2D eigenvalue weighted by Gasteiger charge is 2.35. The Morgan fingerprint density at radius 1 is 1.41 bits per heavy atom. The van der Waals surface area contributed by atoms with E-state index < -0.39 is 0 Å². The molecule has 1 N–H and O–H groups in total. The molecule has 0 radical (unpaired) electrons. The molecule has 1 aliphatic heterocycles. The minimum absolute atomic E-state index is 0. The zero-order valence-corrected chi connectivity index (χ0v) is 19.2. The van der Waals surface area contributed by atoms with Gasteiger partial charge in [-0.2, -0.15) is 10.4 Å². The molecule has 29 heavy (non-hydrogen) atoms. The Hall–Kier alpha value is -1.95. The van der Waals surface area contributed by atoms with Gasteiger partial charge in [-0.05, 0) is 47.5 Å². The van der Waals surface area contributed by atoms with Crippen LogP contribution in [0.1, 0.15) is 75.2 Å². The van der Waals surface area contributed by atoms with Crippen LogP contribution in [0.15, 0.2) is 17.1 Å². The van der Waals surface area contributed by atoms with Crippen LogP contribution in [0.3, 0.4) is 0 Å². The molecule has 0 spiro atoms. The Morgan fingerprint density at radius 3 is 2.69 bits per heavy atom. The summed E-state index contributed by atoms with van der Waals surface area (Å²) in [5.74, 6) is -0.135. The number of nitriles is 1. The van der Waals surface area contributed by atoms with Crippen molar-refractivity contribution in [3.8, 4) is 6.07 Å². The minimum atomic E-state index is -0.195. The summed E-state index contributed by atoms with van der Waals surface area (Å²) in [6.07, 6.45) is 3.43. The molecule has 7 nitrogen and oxygen atoms in total. The number of carbonyl (C=O) groups excluding carboxylic acids is 1. The normalized spacial score (nSPS) is 20.2. The Morgan fingerprint density at radius 2 is 2.14 bits per heavy atom. The number of nitrogens with zero attached hydrogens (tertiary/aromatic N) is 5. The largest absolute Gasteiger partial charge is 0.348 e. The summed E-state index contributed by atoms with van der Waals surface area (Å²) in [6.45, 7) is 11.4. The van der Waals surface area contributed by atoms with Crippen LogP contribution in [0.5, 0.6) is 0 Å². The summed E-state index contributed by atoms with van der Waals surface area (Å²) in [5, 5.41) is 19.4. The Kier molecular flexibility index (Phi) is 7.44. The summed E-state index contributed by atoms with van der Waals surface area (Å²) in [7, 11) is 0. The molecule has 1 saturated heterocycles. The molecular formula is C20H29ClN6OS. The lowest BCUT2D eigenvalue weighted by molar-refractivity contribution is 0.0757. The first-order chi connectivity index (χ1) is 13.2. The first-order valence-corrected chi connectivity index (χ1v) is 10.6. The molecule has 9 heteroatoms. The molecule has 2 atom stereocenters. The number of hydrogen-bond donors (Lipinski definition) is 1. The molecule has 0 saturated carbocycles. The standard InChI is InChI=1S/C20H28N6OS.ClH/c1-13(2)25-7-6-15(23-19(27)16-11-28-12-22-16)8-17(25)18-14(9-21)10-26(24-18)20(3,4)5;/h10-13,15,17H,6-8H2,1-5H3,(H,23,27);1H. The van der Waals surface area contributed by atoms with Gasteiger partial charge < -0.3 is 5.32 Å². The molecular weight excluding hydrogens is 408 g/mol. The summed E-state index contributed by atoms with van der Waals surface area (Å²) in [4.78, 5) is 18.9. The predicted octanol–water partition coefficient (Wildman–Crippen LogP) is 3.73. The highest BCUT2D eigenvalue weighted by atomic mass is 35.5. The fraction of sp³-hybridized carbons (Fsp3) is 0.600. The van der Waals surface area contributed by atoms with Crippen molar-refractivity contribution < 1.29 is 4.79 Å². The maximum atomic E-state index is 12.4. The van der Waals surface area contributed by atoms with Crippen molar-refractivity contribution in [1.29, 1.82) is 5.26 Å². The molecule has 158 valence electrons. The van der Waals surface area contributed by atoms with E-state index in [2.05, 4.69) is 55.9 Å². The second kappa shape index (κ2) is 9.24. The second-order valence-electron chi connectivity index (χ2n) is 8.57. The molecule has 1 amide bonds. The summed E-state index contributed by atoms with van der Waals surface area (Å²) >= 11 is 1.41. The third kappa shape index (κ3) is 5.16. The second-order valence-corrected chi connectivity index (χ2v) is 9.29. The zero-order valence-electron chi connectivity index (χ0n) is 17.5. The van der Waals surface area contributed by atoms with Gasteiger partial charge in [-0.25, -0.2) is 4.98 Å². The fourth-order valence-electron chi connectivity index (χ4n) is 3.65. The first-order valence-electron chi connectivity index (χ1n) is 9.65. The average molecular weight is 437 g/mol. The molecule has 1 aliphatic rings. The molecule has 0 aliphatic carbocycles. The van der Waals surface area contributed by atoms with Crippen molar-refractivity contribution >= 4 is 29.7 Å². The fourth-order valence-corrected chi connectivity index (χ4v) is 4.18. The topological polar surface area (TPSA) is 86.8 Å². The highest BCUT2D eigenvalue weighted by molar-refractivity contribution is 7.07. The van der Waals surface area contributed by atoms with Crippen molar-refractivity contribution in [1.82, 2.24) is 25.0 Å². The van der Waals surface area contributed by atoms with Crippen LogP contribution in [0.25, 0.3) is 0 Å². The van der Waals surface area contributed by atoms with Gasteiger partial charge >= 0.3 is 0 Å². The lowest BCUT2D eigenvalue weighted by Gasteiger charge is -2.41. The van der Waals surface area contributed by atoms with Crippen LogP contribution in [0, 0.1) is 11.3 Å². The monoisotopic (exact) mass is 436 g/mol. The van der Waals surface area contributed by atoms with Gasteiger partial charge in [-0.3, -0.25) is 14.4 Å². The third-order valence-corrected chi connectivity index (χ3v) is 5.76. The van der Waals surface area contributed by atoms with Gasteiger partial charge in [0.25, 0.3) is 5.91 Å². The van der Waals surface area contributed by atoms with Gasteiger partial charge in [0, 0.05) is 30.2 Å². The van der Waals surface area contributed by atoms with E-state index in [4.69, 9.17) is 5.10 Å². The number of carbonyl (C=O) groups is 1. The van der Waals surface area contributed by atoms with Crippen LogP contribution in [0.2, 0.25) is 0 Å². The molecule has 2 aromatic rings.